The van der Waals surface area contributed by atoms with Crippen LogP contribution in [0.25, 0.3) is 11.1 Å². The van der Waals surface area contributed by atoms with Gasteiger partial charge in [-0.3, -0.25) is 0 Å². The average molecular weight is 384 g/mol. The fourth-order valence-corrected chi connectivity index (χ4v) is 4.55. The molecule has 4 rings (SSSR count). The number of rotatable bonds is 5. The molecule has 0 radical (unpaired) electrons. The topological polar surface area (TPSA) is 46.2 Å². The zero-order valence-corrected chi connectivity index (χ0v) is 15.5. The molecule has 0 aliphatic heterocycles. The normalized spacial score (nSPS) is 19.3. The van der Waals surface area contributed by atoms with E-state index >= 15 is 0 Å². The van der Waals surface area contributed by atoms with Crippen LogP contribution in [-0.4, -0.2) is 14.5 Å². The molecule has 1 saturated carbocycles. The van der Waals surface area contributed by atoms with Gasteiger partial charge in [0.25, 0.3) is 0 Å². The number of halogens is 1. The van der Waals surface area contributed by atoms with Crippen LogP contribution in [0.5, 0.6) is 0 Å². The van der Waals surface area contributed by atoms with Crippen molar-refractivity contribution >= 4 is 21.6 Å². The molecule has 3 aromatic carbocycles. The van der Waals surface area contributed by atoms with E-state index < -0.39 is 10.0 Å². The molecule has 5 heteroatoms. The Kier molecular flexibility index (Phi) is 4.57. The summed E-state index contributed by atoms with van der Waals surface area (Å²) in [5, 5.41) is 0.676. The third-order valence-electron chi connectivity index (χ3n) is 4.67. The SMILES string of the molecule is O=S(=O)(N[C@@H]1C[C@@H]1c1ccccc1)c1ccc(-c2ccc(Cl)cc2)cc1. The van der Waals surface area contributed by atoms with Crippen molar-refractivity contribution in [3.8, 4) is 11.1 Å². The third kappa shape index (κ3) is 3.68. The van der Waals surface area contributed by atoms with Crippen molar-refractivity contribution in [3.63, 3.8) is 0 Å². The van der Waals surface area contributed by atoms with E-state index in [4.69, 9.17) is 11.6 Å². The molecule has 0 aromatic heterocycles. The lowest BCUT2D eigenvalue weighted by atomic mass is 10.1. The standard InChI is InChI=1S/C21H18ClNO2S/c22-18-10-6-15(7-11-18)16-8-12-19(13-9-16)26(24,25)23-21-14-20(21)17-4-2-1-3-5-17/h1-13,20-21,23H,14H2/t20-,21-/m1/s1. The number of hydrogen-bond acceptors (Lipinski definition) is 2. The van der Waals surface area contributed by atoms with Crippen LogP contribution >= 0.6 is 11.6 Å². The molecule has 132 valence electrons. The number of benzene rings is 3. The van der Waals surface area contributed by atoms with Crippen LogP contribution in [0.15, 0.2) is 83.8 Å². The zero-order valence-electron chi connectivity index (χ0n) is 14.0. The van der Waals surface area contributed by atoms with Crippen molar-refractivity contribution < 1.29 is 8.42 Å². The summed E-state index contributed by atoms with van der Waals surface area (Å²) < 4.78 is 28.1. The molecule has 3 nitrogen and oxygen atoms in total. The molecule has 0 amide bonds. The van der Waals surface area contributed by atoms with Gasteiger partial charge in [0.05, 0.1) is 4.90 Å². The van der Waals surface area contributed by atoms with Gasteiger partial charge in [0.15, 0.2) is 0 Å². The highest BCUT2D eigenvalue weighted by Crippen LogP contribution is 2.41. The van der Waals surface area contributed by atoms with Crippen molar-refractivity contribution in [1.29, 1.82) is 0 Å². The van der Waals surface area contributed by atoms with Gasteiger partial charge in [-0.05, 0) is 47.4 Å². The summed E-state index contributed by atoms with van der Waals surface area (Å²) in [6.07, 6.45) is 0.839. The van der Waals surface area contributed by atoms with Gasteiger partial charge in [0.2, 0.25) is 10.0 Å². The maximum atomic E-state index is 12.6. The highest BCUT2D eigenvalue weighted by atomic mass is 35.5. The quantitative estimate of drug-likeness (QED) is 0.685. The van der Waals surface area contributed by atoms with Crippen LogP contribution in [0.1, 0.15) is 17.9 Å². The summed E-state index contributed by atoms with van der Waals surface area (Å²) in [5.41, 5.74) is 3.13. The Hall–Kier alpha value is -2.14. The number of nitrogens with one attached hydrogen (secondary N) is 1. The smallest absolute Gasteiger partial charge is 0.207 e. The third-order valence-corrected chi connectivity index (χ3v) is 6.42. The zero-order chi connectivity index (χ0) is 18.1. The minimum atomic E-state index is -3.51. The molecule has 0 heterocycles. The Morgan fingerprint density at radius 1 is 0.808 bits per heavy atom. The second kappa shape index (κ2) is 6.88. The summed E-state index contributed by atoms with van der Waals surface area (Å²) in [6.45, 7) is 0. The molecule has 0 unspecified atom stereocenters. The van der Waals surface area contributed by atoms with Gasteiger partial charge in [0, 0.05) is 17.0 Å². The van der Waals surface area contributed by atoms with Gasteiger partial charge in [0.1, 0.15) is 0 Å². The lowest BCUT2D eigenvalue weighted by molar-refractivity contribution is 0.580. The van der Waals surface area contributed by atoms with Crippen LogP contribution in [0, 0.1) is 0 Å². The Morgan fingerprint density at radius 3 is 2.00 bits per heavy atom. The maximum Gasteiger partial charge on any atom is 0.240 e. The average Bonchev–Trinajstić information content (AvgIpc) is 3.41. The second-order valence-corrected chi connectivity index (χ2v) is 8.66. The molecule has 1 N–H and O–H groups in total. The fraction of sp³-hybridized carbons (Fsp3) is 0.143. The largest absolute Gasteiger partial charge is 0.240 e. The van der Waals surface area contributed by atoms with Gasteiger partial charge in [-0.25, -0.2) is 13.1 Å². The van der Waals surface area contributed by atoms with Crippen LogP contribution in [0.4, 0.5) is 0 Å². The molecule has 1 aliphatic carbocycles. The lowest BCUT2D eigenvalue weighted by Crippen LogP contribution is -2.26. The van der Waals surface area contributed by atoms with E-state index in [1.807, 2.05) is 66.7 Å². The van der Waals surface area contributed by atoms with E-state index in [9.17, 15) is 8.42 Å². The molecule has 0 bridgehead atoms. The molecule has 1 fully saturated rings. The summed E-state index contributed by atoms with van der Waals surface area (Å²) in [7, 11) is -3.51. The first-order valence-corrected chi connectivity index (χ1v) is 10.3. The minimum absolute atomic E-state index is 0.0293. The number of hydrogen-bond donors (Lipinski definition) is 1. The Morgan fingerprint density at radius 2 is 1.38 bits per heavy atom. The highest BCUT2D eigenvalue weighted by molar-refractivity contribution is 7.89. The van der Waals surface area contributed by atoms with Gasteiger partial charge < -0.3 is 0 Å². The van der Waals surface area contributed by atoms with Crippen molar-refractivity contribution in [1.82, 2.24) is 4.72 Å². The van der Waals surface area contributed by atoms with Gasteiger partial charge in [-0.2, -0.15) is 0 Å². The molecular formula is C21H18ClNO2S. The van der Waals surface area contributed by atoms with Gasteiger partial charge >= 0.3 is 0 Å². The van der Waals surface area contributed by atoms with E-state index in [2.05, 4.69) is 4.72 Å². The van der Waals surface area contributed by atoms with Gasteiger partial charge in [-0.1, -0.05) is 66.2 Å². The first-order chi connectivity index (χ1) is 12.5. The van der Waals surface area contributed by atoms with Crippen molar-refractivity contribution in [2.45, 2.75) is 23.3 Å². The van der Waals surface area contributed by atoms with E-state index in [0.29, 0.717) is 5.02 Å². The summed E-state index contributed by atoms with van der Waals surface area (Å²) in [5.74, 6) is 0.263. The van der Waals surface area contributed by atoms with Crippen molar-refractivity contribution in [2.75, 3.05) is 0 Å². The van der Waals surface area contributed by atoms with E-state index in [1.165, 1.54) is 5.56 Å². The van der Waals surface area contributed by atoms with Crippen LogP contribution < -0.4 is 4.72 Å². The molecule has 3 aromatic rings. The Labute approximate surface area is 158 Å². The lowest BCUT2D eigenvalue weighted by Gasteiger charge is -2.08. The predicted octanol–water partition coefficient (Wildman–Crippen LogP) is 4.84. The molecular weight excluding hydrogens is 366 g/mol. The minimum Gasteiger partial charge on any atom is -0.207 e. The molecule has 26 heavy (non-hydrogen) atoms. The van der Waals surface area contributed by atoms with E-state index in [0.717, 1.165) is 17.5 Å². The first-order valence-electron chi connectivity index (χ1n) is 8.46. The van der Waals surface area contributed by atoms with Crippen LogP contribution in [-0.2, 0) is 10.0 Å². The second-order valence-electron chi connectivity index (χ2n) is 6.51. The fourth-order valence-electron chi connectivity index (χ4n) is 3.13. The Balaban J connectivity index is 1.47. The van der Waals surface area contributed by atoms with Crippen molar-refractivity contribution in [3.05, 3.63) is 89.4 Å². The van der Waals surface area contributed by atoms with Crippen molar-refractivity contribution in [2.24, 2.45) is 0 Å². The molecule has 0 spiro atoms. The molecule has 2 atom stereocenters. The van der Waals surface area contributed by atoms with E-state index in [1.54, 1.807) is 12.1 Å². The molecule has 1 aliphatic rings. The predicted molar refractivity (Wildman–Crippen MR) is 105 cm³/mol. The van der Waals surface area contributed by atoms with Crippen LogP contribution in [0.3, 0.4) is 0 Å². The highest BCUT2D eigenvalue weighted by Gasteiger charge is 2.41. The first kappa shape index (κ1) is 17.3. The summed E-state index contributed by atoms with van der Waals surface area (Å²) in [6, 6.07) is 24.4. The van der Waals surface area contributed by atoms with E-state index in [-0.39, 0.29) is 16.9 Å². The number of sulfonamides is 1. The molecule has 0 saturated heterocycles. The Bertz CT molecular complexity index is 1000. The summed E-state index contributed by atoms with van der Waals surface area (Å²) >= 11 is 5.91. The van der Waals surface area contributed by atoms with Crippen LogP contribution in [0.2, 0.25) is 5.02 Å². The summed E-state index contributed by atoms with van der Waals surface area (Å²) in [4.78, 5) is 0.286. The van der Waals surface area contributed by atoms with Gasteiger partial charge in [-0.15, -0.1) is 0 Å². The monoisotopic (exact) mass is 383 g/mol. The maximum absolute atomic E-state index is 12.6.